The van der Waals surface area contributed by atoms with E-state index in [2.05, 4.69) is 34.1 Å². The lowest BCUT2D eigenvalue weighted by Gasteiger charge is -2.30. The fourth-order valence-corrected chi connectivity index (χ4v) is 3.18. The summed E-state index contributed by atoms with van der Waals surface area (Å²) in [7, 11) is 0. The first kappa shape index (κ1) is 19.7. The molecule has 0 atom stereocenters. The van der Waals surface area contributed by atoms with Crippen molar-refractivity contribution in [1.29, 1.82) is 0 Å². The van der Waals surface area contributed by atoms with Crippen LogP contribution in [0.15, 0.2) is 28.9 Å². The molecule has 0 aliphatic carbocycles. The van der Waals surface area contributed by atoms with Gasteiger partial charge in [0.25, 0.3) is 5.91 Å². The molecule has 9 nitrogen and oxygen atoms in total. The van der Waals surface area contributed by atoms with Crippen molar-refractivity contribution in [2.45, 2.75) is 32.6 Å². The number of aromatic nitrogens is 2. The van der Waals surface area contributed by atoms with Crippen LogP contribution < -0.4 is 11.1 Å². The molecule has 2 heterocycles. The second-order valence-corrected chi connectivity index (χ2v) is 7.19. The van der Waals surface area contributed by atoms with Crippen LogP contribution in [-0.4, -0.2) is 58.2 Å². The number of hydrogen-bond acceptors (Lipinski definition) is 6. The predicted molar refractivity (Wildman–Crippen MR) is 105 cm³/mol. The topological polar surface area (TPSA) is 118 Å². The van der Waals surface area contributed by atoms with Crippen molar-refractivity contribution >= 4 is 23.4 Å². The highest BCUT2D eigenvalue weighted by Crippen LogP contribution is 2.18. The summed E-state index contributed by atoms with van der Waals surface area (Å²) in [6.07, 6.45) is 1.33. The number of nitrogens with two attached hydrogens (primary N) is 1. The van der Waals surface area contributed by atoms with E-state index in [4.69, 9.17) is 5.73 Å². The lowest BCUT2D eigenvalue weighted by Crippen LogP contribution is -2.43. The fourth-order valence-electron chi connectivity index (χ4n) is 3.18. The molecule has 0 unspecified atom stereocenters. The Hall–Kier alpha value is -3.10. The summed E-state index contributed by atoms with van der Waals surface area (Å²) in [6.45, 7) is 6.42. The maximum Gasteiger partial charge on any atom is 0.321 e. The first-order valence-electron chi connectivity index (χ1n) is 9.49. The van der Waals surface area contributed by atoms with Crippen molar-refractivity contribution in [1.82, 2.24) is 20.1 Å². The van der Waals surface area contributed by atoms with Crippen molar-refractivity contribution in [3.05, 3.63) is 35.5 Å². The summed E-state index contributed by atoms with van der Waals surface area (Å²) in [4.78, 5) is 28.5. The van der Waals surface area contributed by atoms with Crippen LogP contribution in [0.4, 0.5) is 16.3 Å². The van der Waals surface area contributed by atoms with Crippen molar-refractivity contribution in [3.63, 3.8) is 0 Å². The van der Waals surface area contributed by atoms with Gasteiger partial charge in [-0.3, -0.25) is 4.79 Å². The van der Waals surface area contributed by atoms with Crippen molar-refractivity contribution in [2.75, 3.05) is 37.2 Å². The number of hydrogen-bond donors (Lipinski definition) is 2. The number of nitrogens with zero attached hydrogens (tertiary/aromatic N) is 4. The minimum atomic E-state index is -0.290. The van der Waals surface area contributed by atoms with Crippen LogP contribution in [0.3, 0.4) is 0 Å². The van der Waals surface area contributed by atoms with Crippen molar-refractivity contribution < 1.29 is 14.2 Å². The molecule has 1 aromatic heterocycles. The lowest BCUT2D eigenvalue weighted by atomic mass is 10.0. The summed E-state index contributed by atoms with van der Waals surface area (Å²) >= 11 is 0. The fraction of sp³-hybridized carbons (Fsp3) is 0.474. The first-order valence-corrected chi connectivity index (χ1v) is 9.49. The van der Waals surface area contributed by atoms with Gasteiger partial charge in [0.05, 0.1) is 0 Å². The highest BCUT2D eigenvalue weighted by atomic mass is 16.6. The Morgan fingerprint density at radius 1 is 1.04 bits per heavy atom. The Labute approximate surface area is 163 Å². The average molecular weight is 386 g/mol. The van der Waals surface area contributed by atoms with Gasteiger partial charge in [0.2, 0.25) is 11.5 Å². The van der Waals surface area contributed by atoms with E-state index in [9.17, 15) is 9.59 Å². The summed E-state index contributed by atoms with van der Waals surface area (Å²) in [5, 5.41) is 9.97. The van der Waals surface area contributed by atoms with E-state index in [1.54, 1.807) is 9.80 Å². The van der Waals surface area contributed by atoms with Crippen LogP contribution >= 0.6 is 0 Å². The molecule has 1 saturated heterocycles. The molecule has 9 heteroatoms. The van der Waals surface area contributed by atoms with E-state index in [0.717, 1.165) is 5.69 Å². The summed E-state index contributed by atoms with van der Waals surface area (Å²) < 4.78 is 4.50. The van der Waals surface area contributed by atoms with E-state index >= 15 is 0 Å². The number of carbonyl (C=O) groups is 2. The third kappa shape index (κ3) is 4.59. The van der Waals surface area contributed by atoms with E-state index < -0.39 is 0 Å². The second kappa shape index (κ2) is 8.73. The average Bonchev–Trinajstić information content (AvgIpc) is 3.07. The number of nitrogens with one attached hydrogen (secondary N) is 1. The van der Waals surface area contributed by atoms with Crippen LogP contribution in [0.25, 0.3) is 0 Å². The van der Waals surface area contributed by atoms with Gasteiger partial charge in [-0.2, -0.15) is 0 Å². The van der Waals surface area contributed by atoms with Gasteiger partial charge in [-0.25, -0.2) is 9.42 Å². The Bertz CT molecular complexity index is 807. The largest absolute Gasteiger partial charge is 0.379 e. The van der Waals surface area contributed by atoms with Crippen LogP contribution in [0.2, 0.25) is 0 Å². The summed E-state index contributed by atoms with van der Waals surface area (Å²) in [5.74, 6) is 0.159. The highest BCUT2D eigenvalue weighted by Gasteiger charge is 2.25. The number of benzene rings is 1. The van der Waals surface area contributed by atoms with Crippen LogP contribution in [0, 0.1) is 0 Å². The molecule has 0 radical (unpaired) electrons. The summed E-state index contributed by atoms with van der Waals surface area (Å²) in [6, 6.07) is 7.79. The monoisotopic (exact) mass is 386 g/mol. The molecule has 1 aliphatic heterocycles. The first-order chi connectivity index (χ1) is 13.5. The maximum atomic E-state index is 12.6. The maximum absolute atomic E-state index is 12.6. The number of amides is 3. The summed E-state index contributed by atoms with van der Waals surface area (Å²) in [5.41, 5.74) is 7.66. The predicted octanol–water partition coefficient (Wildman–Crippen LogP) is 2.55. The standard InChI is InChI=1S/C19H26N6O3/c1-13(2)14-5-7-15(8-6-14)21-19(27)25-11-3-9-24(10-4-12-25)18(26)16-17(20)23-28-22-16/h5-8,13H,3-4,9-12H2,1-2H3,(H2,20,23)(H,21,27). The zero-order valence-electron chi connectivity index (χ0n) is 16.2. The molecule has 0 bridgehead atoms. The number of anilines is 2. The minimum Gasteiger partial charge on any atom is -0.379 e. The molecule has 28 heavy (non-hydrogen) atoms. The van der Waals surface area contributed by atoms with Crippen LogP contribution in [0.1, 0.15) is 48.7 Å². The van der Waals surface area contributed by atoms with Crippen LogP contribution in [0.5, 0.6) is 0 Å². The molecule has 1 aliphatic rings. The van der Waals surface area contributed by atoms with Crippen molar-refractivity contribution in [2.24, 2.45) is 0 Å². The zero-order valence-corrected chi connectivity index (χ0v) is 16.2. The molecule has 0 saturated carbocycles. The molecule has 3 N–H and O–H groups in total. The zero-order chi connectivity index (χ0) is 20.1. The Morgan fingerprint density at radius 3 is 2.18 bits per heavy atom. The molecule has 0 spiro atoms. The van der Waals surface area contributed by atoms with Crippen LogP contribution in [-0.2, 0) is 0 Å². The van der Waals surface area contributed by atoms with Gasteiger partial charge in [-0.05, 0) is 46.8 Å². The van der Waals surface area contributed by atoms with Gasteiger partial charge in [-0.1, -0.05) is 26.0 Å². The Morgan fingerprint density at radius 2 is 1.64 bits per heavy atom. The third-order valence-electron chi connectivity index (χ3n) is 4.83. The van der Waals surface area contributed by atoms with Gasteiger partial charge in [0.1, 0.15) is 0 Å². The number of nitrogen functional groups attached to an aromatic ring is 1. The third-order valence-corrected chi connectivity index (χ3v) is 4.83. The number of urea groups is 1. The molecule has 1 fully saturated rings. The quantitative estimate of drug-likeness (QED) is 0.837. The van der Waals surface area contributed by atoms with E-state index in [1.807, 2.05) is 24.3 Å². The molecular weight excluding hydrogens is 360 g/mol. The Balaban J connectivity index is 1.53. The second-order valence-electron chi connectivity index (χ2n) is 7.19. The molecule has 2 aromatic rings. The van der Waals surface area contributed by atoms with Gasteiger partial charge in [0, 0.05) is 31.9 Å². The van der Waals surface area contributed by atoms with Crippen molar-refractivity contribution in [3.8, 4) is 0 Å². The Kier molecular flexibility index (Phi) is 6.13. The molecule has 1 aromatic carbocycles. The van der Waals surface area contributed by atoms with E-state index in [-0.39, 0.29) is 23.5 Å². The molecule has 3 amide bonds. The van der Waals surface area contributed by atoms with E-state index in [0.29, 0.717) is 44.9 Å². The van der Waals surface area contributed by atoms with Gasteiger partial charge < -0.3 is 20.9 Å². The molecule has 150 valence electrons. The minimum absolute atomic E-state index is 0.00320. The van der Waals surface area contributed by atoms with Gasteiger partial charge in [-0.15, -0.1) is 0 Å². The van der Waals surface area contributed by atoms with E-state index in [1.165, 1.54) is 5.56 Å². The smallest absolute Gasteiger partial charge is 0.321 e. The molecule has 3 rings (SSSR count). The van der Waals surface area contributed by atoms with Gasteiger partial charge >= 0.3 is 6.03 Å². The number of carbonyl (C=O) groups excluding carboxylic acids is 2. The number of rotatable bonds is 3. The SMILES string of the molecule is CC(C)c1ccc(NC(=O)N2CCCN(C(=O)c3nonc3N)CCC2)cc1. The molecular formula is C19H26N6O3. The lowest BCUT2D eigenvalue weighted by molar-refractivity contribution is 0.0719. The van der Waals surface area contributed by atoms with Gasteiger partial charge in [0.15, 0.2) is 0 Å². The highest BCUT2D eigenvalue weighted by molar-refractivity contribution is 5.96. The normalized spacial score (nSPS) is 15.2.